The number of nitrogens with one attached hydrogen (secondary N) is 1. The molecule has 1 unspecified atom stereocenters. The van der Waals surface area contributed by atoms with Crippen LogP contribution >= 0.6 is 36.2 Å². The number of aromatic nitrogens is 3. The summed E-state index contributed by atoms with van der Waals surface area (Å²) in [6.07, 6.45) is 10.3. The molecule has 27 heavy (non-hydrogen) atoms. The average molecular weight is 424 g/mol. The van der Waals surface area contributed by atoms with E-state index >= 15 is 0 Å². The highest BCUT2D eigenvalue weighted by Gasteiger charge is 2.29. The van der Waals surface area contributed by atoms with Gasteiger partial charge in [-0.25, -0.2) is 9.97 Å². The van der Waals surface area contributed by atoms with Gasteiger partial charge in [0.05, 0.1) is 11.4 Å². The van der Waals surface area contributed by atoms with Gasteiger partial charge in [0.1, 0.15) is 17.0 Å². The molecule has 1 N–H and O–H groups in total. The van der Waals surface area contributed by atoms with Crippen LogP contribution in [-0.4, -0.2) is 28.0 Å². The van der Waals surface area contributed by atoms with Crippen LogP contribution in [0.15, 0.2) is 30.9 Å². The van der Waals surface area contributed by atoms with Crippen molar-refractivity contribution in [3.8, 4) is 0 Å². The first-order chi connectivity index (χ1) is 12.4. The summed E-state index contributed by atoms with van der Waals surface area (Å²) in [7, 11) is 0. The predicted molar refractivity (Wildman–Crippen MR) is 115 cm³/mol. The number of nitrogens with zero attached hydrogens (tertiary/aromatic N) is 4. The second-order valence-corrected chi connectivity index (χ2v) is 7.88. The minimum absolute atomic E-state index is 0. The zero-order valence-corrected chi connectivity index (χ0v) is 17.4. The van der Waals surface area contributed by atoms with Crippen molar-refractivity contribution in [2.24, 2.45) is 0 Å². The van der Waals surface area contributed by atoms with Crippen LogP contribution in [0, 0.1) is 0 Å². The molecule has 1 atom stereocenters. The van der Waals surface area contributed by atoms with E-state index in [0.717, 1.165) is 43.1 Å². The summed E-state index contributed by atoms with van der Waals surface area (Å²) >= 11 is 1.82. The Labute approximate surface area is 175 Å². The first-order valence-electron chi connectivity index (χ1n) is 9.04. The van der Waals surface area contributed by atoms with Crippen LogP contribution in [0.2, 0.25) is 0 Å². The van der Waals surface area contributed by atoms with Gasteiger partial charge in [-0.3, -0.25) is 4.98 Å². The van der Waals surface area contributed by atoms with E-state index in [-0.39, 0.29) is 24.8 Å². The summed E-state index contributed by atoms with van der Waals surface area (Å²) in [6.45, 7) is 3.05. The molecular formula is C19H23Cl2N5S. The van der Waals surface area contributed by atoms with Crippen molar-refractivity contribution >= 4 is 52.2 Å². The summed E-state index contributed by atoms with van der Waals surface area (Å²) in [4.78, 5) is 18.8. The van der Waals surface area contributed by atoms with Crippen LogP contribution in [0.25, 0.3) is 10.2 Å². The second-order valence-electron chi connectivity index (χ2n) is 6.80. The smallest absolute Gasteiger partial charge is 0.141 e. The number of thiophene rings is 1. The van der Waals surface area contributed by atoms with Gasteiger partial charge in [-0.2, -0.15) is 0 Å². The maximum Gasteiger partial charge on any atom is 0.141 e. The fourth-order valence-corrected chi connectivity index (χ4v) is 5.32. The minimum Gasteiger partial charge on any atom is -0.349 e. The van der Waals surface area contributed by atoms with Gasteiger partial charge in [0.2, 0.25) is 0 Å². The zero-order chi connectivity index (χ0) is 16.6. The van der Waals surface area contributed by atoms with Crippen molar-refractivity contribution in [3.05, 3.63) is 46.9 Å². The molecule has 0 spiro atoms. The summed E-state index contributed by atoms with van der Waals surface area (Å²) in [6, 6.07) is 4.59. The van der Waals surface area contributed by atoms with Crippen LogP contribution < -0.4 is 10.2 Å². The minimum atomic E-state index is 0. The standard InChI is InChI=1S/C19H21N5S.2ClH/c1-2-9-24(15(5-1)13-4-3-7-20-10-13)18-17-14-6-8-21-11-16(14)25-19(17)23-12-22-18;;/h3-4,7,10,12,15,21H,1-2,5-6,8-9,11H2;2*1H. The van der Waals surface area contributed by atoms with Crippen molar-refractivity contribution in [1.29, 1.82) is 0 Å². The number of hydrogen-bond donors (Lipinski definition) is 1. The first-order valence-corrected chi connectivity index (χ1v) is 9.86. The summed E-state index contributed by atoms with van der Waals surface area (Å²) in [5, 5.41) is 4.77. The predicted octanol–water partition coefficient (Wildman–Crippen LogP) is 4.31. The Morgan fingerprint density at radius 2 is 2.11 bits per heavy atom. The average Bonchev–Trinajstić information content (AvgIpc) is 3.07. The fourth-order valence-electron chi connectivity index (χ4n) is 4.16. The SMILES string of the molecule is Cl.Cl.c1cncc(C2CCCCN2c2ncnc3sc4c(c23)CCNC4)c1. The van der Waals surface area contributed by atoms with Gasteiger partial charge >= 0.3 is 0 Å². The number of anilines is 1. The van der Waals surface area contributed by atoms with E-state index in [0.29, 0.717) is 6.04 Å². The molecule has 0 aromatic carbocycles. The van der Waals surface area contributed by atoms with Crippen LogP contribution in [0.5, 0.6) is 0 Å². The molecule has 0 radical (unpaired) electrons. The number of piperidine rings is 1. The van der Waals surface area contributed by atoms with Crippen molar-refractivity contribution in [3.63, 3.8) is 0 Å². The lowest BCUT2D eigenvalue weighted by molar-refractivity contribution is 0.469. The van der Waals surface area contributed by atoms with Crippen molar-refractivity contribution in [2.75, 3.05) is 18.0 Å². The Balaban J connectivity index is 0.00000105. The molecule has 2 aliphatic heterocycles. The molecule has 5 rings (SSSR count). The van der Waals surface area contributed by atoms with E-state index in [4.69, 9.17) is 4.98 Å². The topological polar surface area (TPSA) is 53.9 Å². The van der Waals surface area contributed by atoms with Crippen LogP contribution in [0.4, 0.5) is 5.82 Å². The summed E-state index contributed by atoms with van der Waals surface area (Å²) in [5.41, 5.74) is 2.75. The van der Waals surface area contributed by atoms with E-state index in [1.165, 1.54) is 34.2 Å². The lowest BCUT2D eigenvalue weighted by Crippen LogP contribution is -2.34. The van der Waals surface area contributed by atoms with Crippen molar-refractivity contribution in [2.45, 2.75) is 38.3 Å². The third-order valence-corrected chi connectivity index (χ3v) is 6.47. The van der Waals surface area contributed by atoms with Crippen LogP contribution in [0.1, 0.15) is 41.3 Å². The first kappa shape index (κ1) is 20.3. The molecule has 1 saturated heterocycles. The van der Waals surface area contributed by atoms with Gasteiger partial charge in [0, 0.05) is 30.4 Å². The molecule has 0 bridgehead atoms. The maximum atomic E-state index is 4.77. The maximum absolute atomic E-state index is 4.77. The third-order valence-electron chi connectivity index (χ3n) is 5.33. The third kappa shape index (κ3) is 3.63. The lowest BCUT2D eigenvalue weighted by atomic mass is 9.95. The van der Waals surface area contributed by atoms with Gasteiger partial charge in [-0.05, 0) is 49.4 Å². The van der Waals surface area contributed by atoms with E-state index < -0.39 is 0 Å². The Morgan fingerprint density at radius 3 is 2.96 bits per heavy atom. The molecule has 3 aromatic heterocycles. The van der Waals surface area contributed by atoms with Gasteiger partial charge < -0.3 is 10.2 Å². The Kier molecular flexibility index (Phi) is 6.52. The highest BCUT2D eigenvalue weighted by Crippen LogP contribution is 2.41. The quantitative estimate of drug-likeness (QED) is 0.665. The number of rotatable bonds is 2. The number of pyridine rings is 1. The molecule has 1 fully saturated rings. The molecule has 5 heterocycles. The van der Waals surface area contributed by atoms with Crippen molar-refractivity contribution in [1.82, 2.24) is 20.3 Å². The van der Waals surface area contributed by atoms with Gasteiger partial charge in [-0.1, -0.05) is 6.07 Å². The molecular weight excluding hydrogens is 401 g/mol. The highest BCUT2D eigenvalue weighted by molar-refractivity contribution is 7.19. The Hall–Kier alpha value is -1.47. The lowest BCUT2D eigenvalue weighted by Gasteiger charge is -2.37. The number of hydrogen-bond acceptors (Lipinski definition) is 6. The van der Waals surface area contributed by atoms with Crippen LogP contribution in [-0.2, 0) is 13.0 Å². The fraction of sp³-hybridized carbons (Fsp3) is 0.421. The molecule has 8 heteroatoms. The number of halogens is 2. The molecule has 0 aliphatic carbocycles. The van der Waals surface area contributed by atoms with E-state index in [9.17, 15) is 0 Å². The summed E-state index contributed by atoms with van der Waals surface area (Å²) in [5.74, 6) is 1.12. The largest absolute Gasteiger partial charge is 0.349 e. The molecule has 0 saturated carbocycles. The second kappa shape index (κ2) is 8.69. The normalized spacial score (nSPS) is 19.1. The molecule has 2 aliphatic rings. The van der Waals surface area contributed by atoms with Gasteiger partial charge in [0.25, 0.3) is 0 Å². The van der Waals surface area contributed by atoms with Gasteiger partial charge in [-0.15, -0.1) is 36.2 Å². The summed E-state index contributed by atoms with van der Waals surface area (Å²) < 4.78 is 0. The van der Waals surface area contributed by atoms with E-state index in [2.05, 4.69) is 26.3 Å². The molecule has 5 nitrogen and oxygen atoms in total. The zero-order valence-electron chi connectivity index (χ0n) is 14.9. The monoisotopic (exact) mass is 423 g/mol. The Bertz CT molecular complexity index is 902. The van der Waals surface area contributed by atoms with E-state index in [1.807, 2.05) is 29.8 Å². The molecule has 144 valence electrons. The van der Waals surface area contributed by atoms with Crippen molar-refractivity contribution < 1.29 is 0 Å². The highest BCUT2D eigenvalue weighted by atomic mass is 35.5. The molecule has 0 amide bonds. The Morgan fingerprint density at radius 1 is 1.19 bits per heavy atom. The van der Waals surface area contributed by atoms with Gasteiger partial charge in [0.15, 0.2) is 0 Å². The molecule has 3 aromatic rings. The number of fused-ring (bicyclic) bond motifs is 3. The van der Waals surface area contributed by atoms with E-state index in [1.54, 1.807) is 6.33 Å². The van der Waals surface area contributed by atoms with Crippen LogP contribution in [0.3, 0.4) is 0 Å².